The molecule has 0 radical (unpaired) electrons. The molecule has 1 aliphatic rings. The highest BCUT2D eigenvalue weighted by atomic mass is 32.2. The standard InChI is InChI=1S/C13H16S/c1-11-7-5-6-10-13(11)14-12-8-3-2-4-9-12/h2-4,8-9,13H,1,5-7,10H2. The van der Waals surface area contributed by atoms with Crippen LogP contribution in [0.25, 0.3) is 0 Å². The van der Waals surface area contributed by atoms with Gasteiger partial charge < -0.3 is 0 Å². The summed E-state index contributed by atoms with van der Waals surface area (Å²) in [5.41, 5.74) is 1.44. The smallest absolute Gasteiger partial charge is 0.0301 e. The first kappa shape index (κ1) is 9.85. The van der Waals surface area contributed by atoms with E-state index < -0.39 is 0 Å². The molecule has 1 atom stereocenters. The summed E-state index contributed by atoms with van der Waals surface area (Å²) in [4.78, 5) is 1.38. The largest absolute Gasteiger partial charge is 0.118 e. The van der Waals surface area contributed by atoms with E-state index in [4.69, 9.17) is 0 Å². The predicted octanol–water partition coefficient (Wildman–Crippen LogP) is 4.28. The van der Waals surface area contributed by atoms with Gasteiger partial charge in [-0.1, -0.05) is 36.8 Å². The van der Waals surface area contributed by atoms with Gasteiger partial charge in [-0.25, -0.2) is 0 Å². The van der Waals surface area contributed by atoms with Crippen LogP contribution in [0.2, 0.25) is 0 Å². The van der Waals surface area contributed by atoms with E-state index in [9.17, 15) is 0 Å². The number of hydrogen-bond acceptors (Lipinski definition) is 1. The minimum Gasteiger partial charge on any atom is -0.118 e. The zero-order valence-corrected chi connectivity index (χ0v) is 9.22. The first-order chi connectivity index (χ1) is 6.86. The topological polar surface area (TPSA) is 0 Å². The van der Waals surface area contributed by atoms with E-state index in [0.29, 0.717) is 5.25 Å². The Morgan fingerprint density at radius 3 is 2.64 bits per heavy atom. The molecule has 0 N–H and O–H groups in total. The van der Waals surface area contributed by atoms with Crippen molar-refractivity contribution in [2.45, 2.75) is 35.8 Å². The van der Waals surface area contributed by atoms with Crippen molar-refractivity contribution in [3.05, 3.63) is 42.5 Å². The molecule has 14 heavy (non-hydrogen) atoms. The third-order valence-corrected chi connectivity index (χ3v) is 4.09. The highest BCUT2D eigenvalue weighted by Crippen LogP contribution is 2.35. The molecule has 1 aromatic carbocycles. The molecule has 1 heteroatoms. The summed E-state index contributed by atoms with van der Waals surface area (Å²) < 4.78 is 0. The van der Waals surface area contributed by atoms with Crippen LogP contribution in [0.1, 0.15) is 25.7 Å². The van der Waals surface area contributed by atoms with Gasteiger partial charge in [-0.2, -0.15) is 0 Å². The van der Waals surface area contributed by atoms with Crippen LogP contribution < -0.4 is 0 Å². The third-order valence-electron chi connectivity index (χ3n) is 2.69. The summed E-state index contributed by atoms with van der Waals surface area (Å²) in [7, 11) is 0. The van der Waals surface area contributed by atoms with Crippen LogP contribution in [0.4, 0.5) is 0 Å². The van der Waals surface area contributed by atoms with Crippen LogP contribution in [-0.2, 0) is 0 Å². The lowest BCUT2D eigenvalue weighted by atomic mass is 9.96. The summed E-state index contributed by atoms with van der Waals surface area (Å²) >= 11 is 1.97. The summed E-state index contributed by atoms with van der Waals surface area (Å²) in [6.07, 6.45) is 5.23. The second-order valence-corrected chi connectivity index (χ2v) is 5.10. The van der Waals surface area contributed by atoms with Crippen molar-refractivity contribution in [1.82, 2.24) is 0 Å². The van der Waals surface area contributed by atoms with Crippen molar-refractivity contribution >= 4 is 11.8 Å². The van der Waals surface area contributed by atoms with Crippen molar-refractivity contribution in [2.75, 3.05) is 0 Å². The summed E-state index contributed by atoms with van der Waals surface area (Å²) in [6, 6.07) is 10.7. The molecule has 0 aromatic heterocycles. The minimum absolute atomic E-state index is 0.658. The van der Waals surface area contributed by atoms with E-state index in [1.165, 1.54) is 36.2 Å². The molecular weight excluding hydrogens is 188 g/mol. The van der Waals surface area contributed by atoms with Gasteiger partial charge in [0.1, 0.15) is 0 Å². The highest BCUT2D eigenvalue weighted by molar-refractivity contribution is 8.00. The van der Waals surface area contributed by atoms with Crippen molar-refractivity contribution in [1.29, 1.82) is 0 Å². The van der Waals surface area contributed by atoms with Crippen molar-refractivity contribution in [2.24, 2.45) is 0 Å². The second kappa shape index (κ2) is 4.70. The van der Waals surface area contributed by atoms with Crippen molar-refractivity contribution in [3.63, 3.8) is 0 Å². The molecule has 0 heterocycles. The maximum absolute atomic E-state index is 4.17. The fraction of sp³-hybridized carbons (Fsp3) is 0.385. The zero-order valence-electron chi connectivity index (χ0n) is 8.41. The third kappa shape index (κ3) is 2.42. The molecular formula is C13H16S. The van der Waals surface area contributed by atoms with Crippen LogP contribution in [0, 0.1) is 0 Å². The predicted molar refractivity (Wildman–Crippen MR) is 63.7 cm³/mol. The van der Waals surface area contributed by atoms with Gasteiger partial charge in [0.15, 0.2) is 0 Å². The van der Waals surface area contributed by atoms with Gasteiger partial charge in [0.05, 0.1) is 0 Å². The lowest BCUT2D eigenvalue weighted by Crippen LogP contribution is -2.10. The first-order valence-electron chi connectivity index (χ1n) is 5.25. The number of thioether (sulfide) groups is 1. The average molecular weight is 204 g/mol. The highest BCUT2D eigenvalue weighted by Gasteiger charge is 2.17. The summed E-state index contributed by atoms with van der Waals surface area (Å²) in [6.45, 7) is 4.17. The molecule has 0 spiro atoms. The Morgan fingerprint density at radius 1 is 1.14 bits per heavy atom. The van der Waals surface area contributed by atoms with Gasteiger partial charge in [-0.3, -0.25) is 0 Å². The Bertz CT molecular complexity index is 302. The van der Waals surface area contributed by atoms with Crippen molar-refractivity contribution < 1.29 is 0 Å². The molecule has 1 saturated carbocycles. The SMILES string of the molecule is C=C1CCCCC1Sc1ccccc1. The van der Waals surface area contributed by atoms with Gasteiger partial charge in [-0.05, 0) is 31.4 Å². The Balaban J connectivity index is 2.00. The van der Waals surface area contributed by atoms with E-state index >= 15 is 0 Å². The molecule has 2 rings (SSSR count). The molecule has 1 fully saturated rings. The quantitative estimate of drug-likeness (QED) is 0.648. The van der Waals surface area contributed by atoms with Gasteiger partial charge in [0, 0.05) is 10.1 Å². The Morgan fingerprint density at radius 2 is 1.93 bits per heavy atom. The summed E-state index contributed by atoms with van der Waals surface area (Å²) in [5, 5.41) is 0.658. The monoisotopic (exact) mass is 204 g/mol. The van der Waals surface area contributed by atoms with Gasteiger partial charge >= 0.3 is 0 Å². The minimum atomic E-state index is 0.658. The number of benzene rings is 1. The van der Waals surface area contributed by atoms with Crippen LogP contribution in [0.15, 0.2) is 47.4 Å². The molecule has 0 bridgehead atoms. The maximum atomic E-state index is 4.17. The number of rotatable bonds is 2. The average Bonchev–Trinajstić information content (AvgIpc) is 2.23. The van der Waals surface area contributed by atoms with Crippen LogP contribution in [0.3, 0.4) is 0 Å². The van der Waals surface area contributed by atoms with Gasteiger partial charge in [0.2, 0.25) is 0 Å². The van der Waals surface area contributed by atoms with Crippen LogP contribution in [0.5, 0.6) is 0 Å². The Hall–Kier alpha value is -0.690. The fourth-order valence-electron chi connectivity index (χ4n) is 1.85. The maximum Gasteiger partial charge on any atom is 0.0301 e. The fourth-order valence-corrected chi connectivity index (χ4v) is 3.06. The lowest BCUT2D eigenvalue weighted by Gasteiger charge is -2.23. The summed E-state index contributed by atoms with van der Waals surface area (Å²) in [5.74, 6) is 0. The van der Waals surface area contributed by atoms with E-state index in [-0.39, 0.29) is 0 Å². The molecule has 0 saturated heterocycles. The first-order valence-corrected chi connectivity index (χ1v) is 6.13. The molecule has 0 nitrogen and oxygen atoms in total. The Kier molecular flexibility index (Phi) is 3.30. The van der Waals surface area contributed by atoms with E-state index in [1.807, 2.05) is 11.8 Å². The van der Waals surface area contributed by atoms with Crippen LogP contribution in [-0.4, -0.2) is 5.25 Å². The van der Waals surface area contributed by atoms with E-state index in [0.717, 1.165) is 0 Å². The van der Waals surface area contributed by atoms with E-state index in [2.05, 4.69) is 36.9 Å². The van der Waals surface area contributed by atoms with Gasteiger partial charge in [-0.15, -0.1) is 11.8 Å². The molecule has 0 amide bonds. The van der Waals surface area contributed by atoms with Crippen molar-refractivity contribution in [3.8, 4) is 0 Å². The number of hydrogen-bond donors (Lipinski definition) is 0. The Labute approximate surface area is 90.4 Å². The zero-order chi connectivity index (χ0) is 9.80. The molecule has 1 aromatic rings. The normalized spacial score (nSPS) is 22.3. The van der Waals surface area contributed by atoms with Gasteiger partial charge in [0.25, 0.3) is 0 Å². The van der Waals surface area contributed by atoms with Crippen LogP contribution >= 0.6 is 11.8 Å². The lowest BCUT2D eigenvalue weighted by molar-refractivity contribution is 0.611. The molecule has 1 aliphatic carbocycles. The molecule has 0 aliphatic heterocycles. The van der Waals surface area contributed by atoms with E-state index in [1.54, 1.807) is 0 Å². The molecule has 74 valence electrons. The molecule has 1 unspecified atom stereocenters. The second-order valence-electron chi connectivity index (χ2n) is 3.82.